The van der Waals surface area contributed by atoms with Crippen molar-refractivity contribution in [2.24, 2.45) is 5.92 Å². The van der Waals surface area contributed by atoms with Crippen molar-refractivity contribution in [2.45, 2.75) is 18.6 Å². The molecule has 6 nitrogen and oxygen atoms in total. The molecule has 2 saturated heterocycles. The van der Waals surface area contributed by atoms with Gasteiger partial charge in [0.2, 0.25) is 11.8 Å². The van der Waals surface area contributed by atoms with Gasteiger partial charge in [0.25, 0.3) is 0 Å². The number of pyridine rings is 2. The van der Waals surface area contributed by atoms with E-state index in [1.807, 2.05) is 24.3 Å². The second kappa shape index (κ2) is 6.98. The van der Waals surface area contributed by atoms with Crippen LogP contribution in [0.4, 0.5) is 0 Å². The zero-order valence-corrected chi connectivity index (χ0v) is 14.4. The summed E-state index contributed by atoms with van der Waals surface area (Å²) in [6, 6.07) is 9.74. The minimum absolute atomic E-state index is 0.0791. The molecular weight excluding hydrogens is 318 g/mol. The van der Waals surface area contributed by atoms with Crippen LogP contribution in [0.3, 0.4) is 0 Å². The molecule has 4 heterocycles. The first-order valence-electron chi connectivity index (χ1n) is 8.67. The highest BCUT2D eigenvalue weighted by Crippen LogP contribution is 2.41. The summed E-state index contributed by atoms with van der Waals surface area (Å²) in [7, 11) is 1.66. The number of methoxy groups -OCH3 is 1. The molecular formula is C19H23N3O3. The molecule has 0 unspecified atom stereocenters. The van der Waals surface area contributed by atoms with Crippen molar-refractivity contribution in [3.63, 3.8) is 0 Å². The fourth-order valence-corrected chi connectivity index (χ4v) is 3.78. The molecule has 0 aliphatic carbocycles. The lowest BCUT2D eigenvalue weighted by atomic mass is 9.81. The van der Waals surface area contributed by atoms with Crippen LogP contribution in [0.15, 0.2) is 42.7 Å². The van der Waals surface area contributed by atoms with Gasteiger partial charge in [0.1, 0.15) is 0 Å². The Hall–Kier alpha value is -2.18. The second-order valence-electron chi connectivity index (χ2n) is 6.69. The van der Waals surface area contributed by atoms with Gasteiger partial charge in [-0.05, 0) is 18.6 Å². The summed E-state index contributed by atoms with van der Waals surface area (Å²) in [5, 5.41) is 0. The fourth-order valence-electron chi connectivity index (χ4n) is 3.78. The Balaban J connectivity index is 1.34. The molecule has 0 aromatic carbocycles. The van der Waals surface area contributed by atoms with Crippen molar-refractivity contribution < 1.29 is 14.2 Å². The molecule has 25 heavy (non-hydrogen) atoms. The van der Waals surface area contributed by atoms with E-state index in [4.69, 9.17) is 14.2 Å². The molecule has 2 fully saturated rings. The third kappa shape index (κ3) is 3.32. The molecule has 4 rings (SSSR count). The van der Waals surface area contributed by atoms with Crippen LogP contribution < -0.4 is 9.47 Å². The van der Waals surface area contributed by atoms with Gasteiger partial charge in [0.15, 0.2) is 0 Å². The summed E-state index contributed by atoms with van der Waals surface area (Å²) in [6.07, 6.45) is 4.55. The summed E-state index contributed by atoms with van der Waals surface area (Å²) in [5.41, 5.74) is 1.03. The van der Waals surface area contributed by atoms with Crippen molar-refractivity contribution in [2.75, 3.05) is 33.4 Å². The van der Waals surface area contributed by atoms with E-state index in [1.165, 1.54) is 0 Å². The summed E-state index contributed by atoms with van der Waals surface area (Å²) >= 11 is 0. The van der Waals surface area contributed by atoms with E-state index in [0.29, 0.717) is 24.3 Å². The number of aromatic nitrogens is 2. The van der Waals surface area contributed by atoms with Gasteiger partial charge < -0.3 is 14.2 Å². The molecule has 2 aliphatic rings. The number of nitrogens with zero attached hydrogens (tertiary/aromatic N) is 3. The van der Waals surface area contributed by atoms with Crippen molar-refractivity contribution in [3.05, 3.63) is 48.3 Å². The van der Waals surface area contributed by atoms with Gasteiger partial charge in [0, 0.05) is 56.2 Å². The van der Waals surface area contributed by atoms with Crippen LogP contribution in [0, 0.1) is 5.92 Å². The van der Waals surface area contributed by atoms with Crippen LogP contribution in [-0.4, -0.2) is 53.9 Å². The van der Waals surface area contributed by atoms with Gasteiger partial charge >= 0.3 is 0 Å². The van der Waals surface area contributed by atoms with Crippen LogP contribution in [0.25, 0.3) is 0 Å². The highest BCUT2D eigenvalue weighted by molar-refractivity contribution is 5.26. The maximum atomic E-state index is 6.11. The van der Waals surface area contributed by atoms with Crippen LogP contribution in [0.5, 0.6) is 11.8 Å². The molecule has 1 spiro atoms. The van der Waals surface area contributed by atoms with Gasteiger partial charge in [-0.2, -0.15) is 0 Å². The van der Waals surface area contributed by atoms with Gasteiger partial charge in [0.05, 0.1) is 19.3 Å². The molecule has 0 bridgehead atoms. The summed E-state index contributed by atoms with van der Waals surface area (Å²) in [4.78, 5) is 10.9. The van der Waals surface area contributed by atoms with Crippen LogP contribution in [0.1, 0.15) is 12.0 Å². The van der Waals surface area contributed by atoms with Gasteiger partial charge in [-0.25, -0.2) is 9.97 Å². The largest absolute Gasteiger partial charge is 0.481 e. The standard InChI is InChI=1S/C19H23N3O3/c1-23-18-15(5-4-9-21-18)11-22-13-19(14-22)16(7-10-25-19)12-24-17-6-2-3-8-20-17/h2-6,8-9,16H,7,10-14H2,1H3/t16-/m0/s1. The normalized spacial score (nSPS) is 21.9. The molecule has 2 aromatic heterocycles. The first kappa shape index (κ1) is 16.3. The third-order valence-electron chi connectivity index (χ3n) is 5.09. The van der Waals surface area contributed by atoms with Crippen LogP contribution >= 0.6 is 0 Å². The van der Waals surface area contributed by atoms with Crippen LogP contribution in [-0.2, 0) is 11.3 Å². The van der Waals surface area contributed by atoms with Gasteiger partial charge in [-0.3, -0.25) is 4.90 Å². The maximum absolute atomic E-state index is 6.11. The first-order chi connectivity index (χ1) is 12.3. The average molecular weight is 341 g/mol. The Morgan fingerprint density at radius 2 is 2.08 bits per heavy atom. The van der Waals surface area contributed by atoms with Crippen molar-refractivity contribution in [1.82, 2.24) is 14.9 Å². The summed E-state index contributed by atoms with van der Waals surface area (Å²) in [6.45, 7) is 4.12. The fraction of sp³-hybridized carbons (Fsp3) is 0.474. The number of hydrogen-bond acceptors (Lipinski definition) is 6. The molecule has 132 valence electrons. The monoisotopic (exact) mass is 341 g/mol. The summed E-state index contributed by atoms with van der Waals surface area (Å²) < 4.78 is 17.3. The van der Waals surface area contributed by atoms with E-state index in [-0.39, 0.29) is 5.60 Å². The van der Waals surface area contributed by atoms with E-state index in [2.05, 4.69) is 20.9 Å². The Kier molecular flexibility index (Phi) is 4.55. The number of hydrogen-bond donors (Lipinski definition) is 0. The Morgan fingerprint density at radius 1 is 1.20 bits per heavy atom. The molecule has 1 atom stereocenters. The van der Waals surface area contributed by atoms with E-state index in [9.17, 15) is 0 Å². The zero-order valence-electron chi connectivity index (χ0n) is 14.4. The highest BCUT2D eigenvalue weighted by atomic mass is 16.5. The van der Waals surface area contributed by atoms with Gasteiger partial charge in [-0.1, -0.05) is 12.1 Å². The number of rotatable bonds is 6. The minimum Gasteiger partial charge on any atom is -0.481 e. The lowest BCUT2D eigenvalue weighted by Crippen LogP contribution is -2.64. The van der Waals surface area contributed by atoms with Gasteiger partial charge in [-0.15, -0.1) is 0 Å². The van der Waals surface area contributed by atoms with Crippen molar-refractivity contribution in [1.29, 1.82) is 0 Å². The molecule has 2 aliphatic heterocycles. The molecule has 0 radical (unpaired) electrons. The topological polar surface area (TPSA) is 56.7 Å². The molecule has 0 saturated carbocycles. The predicted octanol–water partition coefficient (Wildman–Crippen LogP) is 2.16. The van der Waals surface area contributed by atoms with E-state index in [0.717, 1.165) is 38.2 Å². The Bertz CT molecular complexity index is 704. The Morgan fingerprint density at radius 3 is 2.88 bits per heavy atom. The minimum atomic E-state index is -0.0791. The first-order valence-corrected chi connectivity index (χ1v) is 8.67. The lowest BCUT2D eigenvalue weighted by molar-refractivity contribution is -0.140. The average Bonchev–Trinajstić information content (AvgIpc) is 3.05. The van der Waals surface area contributed by atoms with E-state index >= 15 is 0 Å². The highest BCUT2D eigenvalue weighted by Gasteiger charge is 2.53. The van der Waals surface area contributed by atoms with E-state index < -0.39 is 0 Å². The molecule has 0 N–H and O–H groups in total. The maximum Gasteiger partial charge on any atom is 0.217 e. The molecule has 0 amide bonds. The van der Waals surface area contributed by atoms with Crippen molar-refractivity contribution >= 4 is 0 Å². The number of likely N-dealkylation sites (tertiary alicyclic amines) is 1. The lowest BCUT2D eigenvalue weighted by Gasteiger charge is -2.50. The second-order valence-corrected chi connectivity index (χ2v) is 6.69. The predicted molar refractivity (Wildman–Crippen MR) is 92.6 cm³/mol. The Labute approximate surface area is 147 Å². The SMILES string of the molecule is COc1ncccc1CN1CC2(C1)OCC[C@H]2COc1ccccn1. The van der Waals surface area contributed by atoms with Crippen molar-refractivity contribution in [3.8, 4) is 11.8 Å². The van der Waals surface area contributed by atoms with E-state index in [1.54, 1.807) is 19.5 Å². The zero-order chi connectivity index (χ0) is 17.1. The van der Waals surface area contributed by atoms with Crippen LogP contribution in [0.2, 0.25) is 0 Å². The number of ether oxygens (including phenoxy) is 3. The summed E-state index contributed by atoms with van der Waals surface area (Å²) in [5.74, 6) is 1.79. The molecule has 6 heteroatoms. The smallest absolute Gasteiger partial charge is 0.217 e. The quantitative estimate of drug-likeness (QED) is 0.802. The molecule has 2 aromatic rings. The third-order valence-corrected chi connectivity index (χ3v) is 5.09.